The van der Waals surface area contributed by atoms with Crippen molar-refractivity contribution in [3.63, 3.8) is 0 Å². The van der Waals surface area contributed by atoms with Crippen LogP contribution in [0.15, 0.2) is 52.1 Å². The maximum absolute atomic E-state index is 8.99. The Kier molecular flexibility index (Phi) is 3.40. The van der Waals surface area contributed by atoms with Crippen molar-refractivity contribution in [3.05, 3.63) is 42.7 Å². The molecule has 0 aliphatic carbocycles. The number of rotatable bonds is 3. The molecule has 5 heteroatoms. The number of furan rings is 1. The van der Waals surface area contributed by atoms with Gasteiger partial charge in [-0.1, -0.05) is 30.0 Å². The molecule has 0 spiro atoms. The van der Waals surface area contributed by atoms with Gasteiger partial charge >= 0.3 is 0 Å². The maximum atomic E-state index is 8.99. The van der Waals surface area contributed by atoms with E-state index in [1.54, 1.807) is 12.3 Å². The fraction of sp³-hybridized carbons (Fsp3) is 0.133. The van der Waals surface area contributed by atoms with E-state index in [0.717, 1.165) is 15.9 Å². The summed E-state index contributed by atoms with van der Waals surface area (Å²) < 4.78 is 5.36. The molecule has 3 rings (SSSR count). The van der Waals surface area contributed by atoms with Crippen LogP contribution in [-0.2, 0) is 0 Å². The minimum atomic E-state index is -0.169. The third-order valence-electron chi connectivity index (χ3n) is 2.78. The van der Waals surface area contributed by atoms with Crippen molar-refractivity contribution in [3.8, 4) is 17.7 Å². The number of hydrogen-bond donors (Lipinski definition) is 0. The molecule has 0 N–H and O–H groups in total. The fourth-order valence-electron chi connectivity index (χ4n) is 1.85. The summed E-state index contributed by atoms with van der Waals surface area (Å²) in [5.74, 6) is 1.17. The average molecular weight is 281 g/mol. The van der Waals surface area contributed by atoms with Gasteiger partial charge in [0.1, 0.15) is 5.03 Å². The summed E-state index contributed by atoms with van der Waals surface area (Å²) in [5, 5.41) is 10.6. The molecule has 0 saturated heterocycles. The number of nitrogens with zero attached hydrogens (tertiary/aromatic N) is 3. The van der Waals surface area contributed by atoms with E-state index in [4.69, 9.17) is 9.68 Å². The number of nitriles is 1. The lowest BCUT2D eigenvalue weighted by atomic mass is 10.2. The Labute approximate surface area is 120 Å². The van der Waals surface area contributed by atoms with Gasteiger partial charge in [-0.05, 0) is 25.1 Å². The first-order chi connectivity index (χ1) is 9.78. The standard InChI is InChI=1S/C15H11N3OS/c1-10(9-16)20-15-11-5-2-3-6-12(11)17-14(18-15)13-7-4-8-19-13/h2-8,10H,1H3/t10-/m0/s1. The number of aromatic nitrogens is 2. The van der Waals surface area contributed by atoms with Crippen molar-refractivity contribution in [1.29, 1.82) is 5.26 Å². The highest BCUT2D eigenvalue weighted by molar-refractivity contribution is 8.00. The summed E-state index contributed by atoms with van der Waals surface area (Å²) in [6.07, 6.45) is 1.60. The first kappa shape index (κ1) is 12.7. The average Bonchev–Trinajstić information content (AvgIpc) is 3.01. The molecule has 0 aliphatic rings. The SMILES string of the molecule is C[C@@H](C#N)Sc1nc(-c2ccco2)nc2ccccc12. The van der Waals surface area contributed by atoms with E-state index in [9.17, 15) is 0 Å². The second-order valence-corrected chi connectivity index (χ2v) is 5.57. The second kappa shape index (κ2) is 5.35. The Morgan fingerprint density at radius 3 is 2.80 bits per heavy atom. The molecule has 2 heterocycles. The zero-order valence-corrected chi connectivity index (χ0v) is 11.6. The number of benzene rings is 1. The second-order valence-electron chi connectivity index (χ2n) is 4.24. The van der Waals surface area contributed by atoms with E-state index >= 15 is 0 Å². The van der Waals surface area contributed by atoms with Crippen LogP contribution in [0.1, 0.15) is 6.92 Å². The van der Waals surface area contributed by atoms with Crippen LogP contribution in [0.4, 0.5) is 0 Å². The molecule has 0 aliphatic heterocycles. The van der Waals surface area contributed by atoms with Gasteiger partial charge in [-0.3, -0.25) is 0 Å². The van der Waals surface area contributed by atoms with Gasteiger partial charge in [-0.15, -0.1) is 0 Å². The van der Waals surface area contributed by atoms with Crippen LogP contribution in [-0.4, -0.2) is 15.2 Å². The quantitative estimate of drug-likeness (QED) is 0.538. The summed E-state index contributed by atoms with van der Waals surface area (Å²) in [4.78, 5) is 9.05. The van der Waals surface area contributed by atoms with Gasteiger partial charge in [0.15, 0.2) is 11.6 Å². The van der Waals surface area contributed by atoms with Gasteiger partial charge < -0.3 is 4.42 Å². The fourth-order valence-corrected chi connectivity index (χ4v) is 2.67. The Hall–Kier alpha value is -2.32. The van der Waals surface area contributed by atoms with Gasteiger partial charge in [-0.25, -0.2) is 9.97 Å². The Morgan fingerprint density at radius 1 is 1.20 bits per heavy atom. The van der Waals surface area contributed by atoms with Gasteiger partial charge in [-0.2, -0.15) is 5.26 Å². The predicted octanol–water partition coefficient (Wildman–Crippen LogP) is 3.89. The molecule has 3 aromatic rings. The highest BCUT2D eigenvalue weighted by atomic mass is 32.2. The van der Waals surface area contributed by atoms with Gasteiger partial charge in [0.25, 0.3) is 0 Å². The molecule has 1 atom stereocenters. The van der Waals surface area contributed by atoms with Gasteiger partial charge in [0.2, 0.25) is 0 Å². The summed E-state index contributed by atoms with van der Waals surface area (Å²) in [6.45, 7) is 1.86. The molecule has 2 aromatic heterocycles. The third-order valence-corrected chi connectivity index (χ3v) is 3.77. The molecule has 98 valence electrons. The Morgan fingerprint density at radius 2 is 2.05 bits per heavy atom. The van der Waals surface area contributed by atoms with Crippen molar-refractivity contribution >= 4 is 22.7 Å². The lowest BCUT2D eigenvalue weighted by Gasteiger charge is -2.08. The van der Waals surface area contributed by atoms with Crippen LogP contribution in [0.5, 0.6) is 0 Å². The van der Waals surface area contributed by atoms with Crippen molar-refractivity contribution in [2.75, 3.05) is 0 Å². The van der Waals surface area contributed by atoms with Crippen LogP contribution < -0.4 is 0 Å². The van der Waals surface area contributed by atoms with Crippen LogP contribution in [0.2, 0.25) is 0 Å². The normalized spacial score (nSPS) is 12.2. The van der Waals surface area contributed by atoms with Crippen molar-refractivity contribution in [2.24, 2.45) is 0 Å². The molecule has 0 bridgehead atoms. The van der Waals surface area contributed by atoms with Gasteiger partial charge in [0.05, 0.1) is 23.1 Å². The van der Waals surface area contributed by atoms with Gasteiger partial charge in [0, 0.05) is 5.39 Å². The zero-order valence-electron chi connectivity index (χ0n) is 10.8. The molecular formula is C15H11N3OS. The van der Waals surface area contributed by atoms with Crippen LogP contribution in [0, 0.1) is 11.3 Å². The smallest absolute Gasteiger partial charge is 0.197 e. The number of para-hydroxylation sites is 1. The summed E-state index contributed by atoms with van der Waals surface area (Å²) in [7, 11) is 0. The lowest BCUT2D eigenvalue weighted by molar-refractivity contribution is 0.577. The van der Waals surface area contributed by atoms with Crippen molar-refractivity contribution in [2.45, 2.75) is 17.2 Å². The monoisotopic (exact) mass is 281 g/mol. The molecule has 0 saturated carbocycles. The van der Waals surface area contributed by atoms with E-state index in [-0.39, 0.29) is 5.25 Å². The Bertz CT molecular complexity index is 777. The number of hydrogen-bond acceptors (Lipinski definition) is 5. The summed E-state index contributed by atoms with van der Waals surface area (Å²) in [5.41, 5.74) is 0.849. The summed E-state index contributed by atoms with van der Waals surface area (Å²) >= 11 is 1.43. The molecule has 0 radical (unpaired) electrons. The highest BCUT2D eigenvalue weighted by Crippen LogP contribution is 2.30. The van der Waals surface area contributed by atoms with Crippen molar-refractivity contribution in [1.82, 2.24) is 9.97 Å². The first-order valence-corrected chi connectivity index (χ1v) is 7.03. The van der Waals surface area contributed by atoms with E-state index in [0.29, 0.717) is 11.6 Å². The number of fused-ring (bicyclic) bond motifs is 1. The minimum absolute atomic E-state index is 0.169. The van der Waals surface area contributed by atoms with Crippen LogP contribution in [0.25, 0.3) is 22.5 Å². The van der Waals surface area contributed by atoms with E-state index < -0.39 is 0 Å². The molecule has 4 nitrogen and oxygen atoms in total. The van der Waals surface area contributed by atoms with Crippen molar-refractivity contribution < 1.29 is 4.42 Å². The van der Waals surface area contributed by atoms with E-state index in [1.807, 2.05) is 37.3 Å². The molecule has 1 aromatic carbocycles. The first-order valence-electron chi connectivity index (χ1n) is 6.15. The topological polar surface area (TPSA) is 62.7 Å². The third kappa shape index (κ3) is 2.38. The molecular weight excluding hydrogens is 270 g/mol. The molecule has 0 fully saturated rings. The lowest BCUT2D eigenvalue weighted by Crippen LogP contribution is -1.97. The number of thioether (sulfide) groups is 1. The maximum Gasteiger partial charge on any atom is 0.197 e. The Balaban J connectivity index is 2.18. The molecule has 0 unspecified atom stereocenters. The zero-order chi connectivity index (χ0) is 13.9. The van der Waals surface area contributed by atoms with E-state index in [1.165, 1.54) is 11.8 Å². The molecule has 0 amide bonds. The minimum Gasteiger partial charge on any atom is -0.461 e. The van der Waals surface area contributed by atoms with Crippen LogP contribution in [0.3, 0.4) is 0 Å². The highest BCUT2D eigenvalue weighted by Gasteiger charge is 2.13. The predicted molar refractivity (Wildman–Crippen MR) is 78.2 cm³/mol. The summed E-state index contributed by atoms with van der Waals surface area (Å²) in [6, 6.07) is 13.6. The van der Waals surface area contributed by atoms with E-state index in [2.05, 4.69) is 16.0 Å². The van der Waals surface area contributed by atoms with Crippen LogP contribution >= 0.6 is 11.8 Å². The largest absolute Gasteiger partial charge is 0.461 e. The molecule has 20 heavy (non-hydrogen) atoms.